The standard InChI is InChI=1S/C16H32N2O/c1-3-15-5-4-11-18(12-6-15)13-16(14-19-2)7-9-17-10-8-16/h15,17H,3-14H2,1-2H3. The third-order valence-corrected chi connectivity index (χ3v) is 5.19. The van der Waals surface area contributed by atoms with Gasteiger partial charge >= 0.3 is 0 Å². The fraction of sp³-hybridized carbons (Fsp3) is 1.00. The molecule has 0 aromatic heterocycles. The number of rotatable bonds is 5. The third kappa shape index (κ3) is 4.44. The van der Waals surface area contributed by atoms with E-state index >= 15 is 0 Å². The summed E-state index contributed by atoms with van der Waals surface area (Å²) < 4.78 is 5.55. The van der Waals surface area contributed by atoms with Crippen LogP contribution in [-0.4, -0.2) is 51.3 Å². The molecule has 2 rings (SSSR count). The lowest BCUT2D eigenvalue weighted by molar-refractivity contribution is 0.0229. The summed E-state index contributed by atoms with van der Waals surface area (Å²) in [5.41, 5.74) is 0.409. The highest BCUT2D eigenvalue weighted by atomic mass is 16.5. The number of methoxy groups -OCH3 is 1. The normalized spacial score (nSPS) is 29.1. The molecule has 2 heterocycles. The molecular formula is C16H32N2O. The fourth-order valence-electron chi connectivity index (χ4n) is 3.88. The summed E-state index contributed by atoms with van der Waals surface area (Å²) >= 11 is 0. The Morgan fingerprint density at radius 3 is 2.68 bits per heavy atom. The van der Waals surface area contributed by atoms with Gasteiger partial charge in [-0.15, -0.1) is 0 Å². The summed E-state index contributed by atoms with van der Waals surface area (Å²) in [6.07, 6.45) is 8.13. The number of nitrogens with zero attached hydrogens (tertiary/aromatic N) is 1. The van der Waals surface area contributed by atoms with Gasteiger partial charge in [-0.3, -0.25) is 0 Å². The molecule has 1 N–H and O–H groups in total. The molecule has 3 heteroatoms. The molecule has 0 aromatic carbocycles. The number of piperidine rings is 1. The molecule has 2 saturated heterocycles. The largest absolute Gasteiger partial charge is 0.384 e. The van der Waals surface area contributed by atoms with E-state index in [9.17, 15) is 0 Å². The van der Waals surface area contributed by atoms with E-state index in [2.05, 4.69) is 17.1 Å². The van der Waals surface area contributed by atoms with Crippen molar-refractivity contribution in [1.29, 1.82) is 0 Å². The first-order valence-electron chi connectivity index (χ1n) is 8.20. The molecular weight excluding hydrogens is 236 g/mol. The third-order valence-electron chi connectivity index (χ3n) is 5.19. The number of hydrogen-bond acceptors (Lipinski definition) is 3. The van der Waals surface area contributed by atoms with Gasteiger partial charge in [0, 0.05) is 19.1 Å². The summed E-state index contributed by atoms with van der Waals surface area (Å²) in [6.45, 7) is 9.46. The highest BCUT2D eigenvalue weighted by Crippen LogP contribution is 2.31. The Labute approximate surface area is 119 Å². The first-order chi connectivity index (χ1) is 9.28. The van der Waals surface area contributed by atoms with Gasteiger partial charge in [0.25, 0.3) is 0 Å². The number of hydrogen-bond donors (Lipinski definition) is 1. The molecule has 1 atom stereocenters. The Morgan fingerprint density at radius 1 is 1.21 bits per heavy atom. The van der Waals surface area contributed by atoms with Gasteiger partial charge < -0.3 is 15.0 Å². The van der Waals surface area contributed by atoms with Crippen molar-refractivity contribution in [2.24, 2.45) is 11.3 Å². The van der Waals surface area contributed by atoms with Crippen LogP contribution in [0.3, 0.4) is 0 Å². The average Bonchev–Trinajstić information content (AvgIpc) is 2.65. The summed E-state index contributed by atoms with van der Waals surface area (Å²) in [6, 6.07) is 0. The van der Waals surface area contributed by atoms with E-state index in [0.29, 0.717) is 5.41 Å². The van der Waals surface area contributed by atoms with E-state index in [-0.39, 0.29) is 0 Å². The minimum absolute atomic E-state index is 0.409. The van der Waals surface area contributed by atoms with Crippen molar-refractivity contribution in [3.63, 3.8) is 0 Å². The minimum atomic E-state index is 0.409. The number of ether oxygens (including phenoxy) is 1. The van der Waals surface area contributed by atoms with Crippen LogP contribution < -0.4 is 5.32 Å². The van der Waals surface area contributed by atoms with Crippen LogP contribution in [0, 0.1) is 11.3 Å². The molecule has 0 aromatic rings. The zero-order valence-corrected chi connectivity index (χ0v) is 12.9. The van der Waals surface area contributed by atoms with E-state index < -0.39 is 0 Å². The number of nitrogens with one attached hydrogen (secondary N) is 1. The minimum Gasteiger partial charge on any atom is -0.384 e. The lowest BCUT2D eigenvalue weighted by atomic mass is 9.79. The van der Waals surface area contributed by atoms with E-state index in [1.54, 1.807) is 0 Å². The quantitative estimate of drug-likeness (QED) is 0.829. The molecule has 112 valence electrons. The Balaban J connectivity index is 1.89. The monoisotopic (exact) mass is 268 g/mol. The van der Waals surface area contributed by atoms with Crippen LogP contribution >= 0.6 is 0 Å². The first-order valence-corrected chi connectivity index (χ1v) is 8.20. The molecule has 3 nitrogen and oxygen atoms in total. The van der Waals surface area contributed by atoms with Crippen molar-refractivity contribution >= 4 is 0 Å². The van der Waals surface area contributed by atoms with E-state index in [4.69, 9.17) is 4.74 Å². The maximum atomic E-state index is 5.55. The lowest BCUT2D eigenvalue weighted by Gasteiger charge is -2.40. The molecule has 19 heavy (non-hydrogen) atoms. The van der Waals surface area contributed by atoms with Crippen molar-refractivity contribution in [2.45, 2.75) is 45.4 Å². The Bertz CT molecular complexity index is 246. The molecule has 2 aliphatic rings. The first kappa shape index (κ1) is 15.3. The molecule has 1 unspecified atom stereocenters. The van der Waals surface area contributed by atoms with Gasteiger partial charge in [-0.2, -0.15) is 0 Å². The fourth-order valence-corrected chi connectivity index (χ4v) is 3.88. The van der Waals surface area contributed by atoms with Crippen LogP contribution in [0.25, 0.3) is 0 Å². The van der Waals surface area contributed by atoms with Crippen LogP contribution in [0.4, 0.5) is 0 Å². The van der Waals surface area contributed by atoms with Crippen molar-refractivity contribution < 1.29 is 4.74 Å². The van der Waals surface area contributed by atoms with Gasteiger partial charge in [0.1, 0.15) is 0 Å². The molecule has 0 amide bonds. The average molecular weight is 268 g/mol. The molecule has 2 aliphatic heterocycles. The molecule has 2 fully saturated rings. The Hall–Kier alpha value is -0.120. The Kier molecular flexibility index (Phi) is 6.11. The second-order valence-corrected chi connectivity index (χ2v) is 6.66. The van der Waals surface area contributed by atoms with Gasteiger partial charge in [0.2, 0.25) is 0 Å². The Morgan fingerprint density at radius 2 is 2.00 bits per heavy atom. The molecule has 0 radical (unpaired) electrons. The second kappa shape index (κ2) is 7.61. The topological polar surface area (TPSA) is 24.5 Å². The van der Waals surface area contributed by atoms with Crippen molar-refractivity contribution in [3.8, 4) is 0 Å². The highest BCUT2D eigenvalue weighted by Gasteiger charge is 2.34. The SMILES string of the molecule is CCC1CCCN(CC2(COC)CCNCC2)CC1. The lowest BCUT2D eigenvalue weighted by Crippen LogP contribution is -2.47. The van der Waals surface area contributed by atoms with Crippen LogP contribution in [0.1, 0.15) is 45.4 Å². The van der Waals surface area contributed by atoms with Gasteiger partial charge in [-0.1, -0.05) is 13.3 Å². The van der Waals surface area contributed by atoms with E-state index in [0.717, 1.165) is 25.6 Å². The molecule has 0 spiro atoms. The molecule has 0 saturated carbocycles. The molecule has 0 bridgehead atoms. The van der Waals surface area contributed by atoms with Crippen molar-refractivity contribution in [1.82, 2.24) is 10.2 Å². The van der Waals surface area contributed by atoms with Gasteiger partial charge in [-0.05, 0) is 64.2 Å². The van der Waals surface area contributed by atoms with Crippen molar-refractivity contribution in [3.05, 3.63) is 0 Å². The zero-order valence-electron chi connectivity index (χ0n) is 12.9. The maximum Gasteiger partial charge on any atom is 0.0531 e. The summed E-state index contributed by atoms with van der Waals surface area (Å²) in [5.74, 6) is 0.969. The van der Waals surface area contributed by atoms with Crippen LogP contribution in [0.5, 0.6) is 0 Å². The summed E-state index contributed by atoms with van der Waals surface area (Å²) in [4.78, 5) is 2.72. The second-order valence-electron chi connectivity index (χ2n) is 6.66. The predicted octanol–water partition coefficient (Wildman–Crippen LogP) is 2.51. The van der Waals surface area contributed by atoms with Gasteiger partial charge in [0.05, 0.1) is 6.61 Å². The predicted molar refractivity (Wildman–Crippen MR) is 80.5 cm³/mol. The van der Waals surface area contributed by atoms with E-state index in [1.165, 1.54) is 58.2 Å². The van der Waals surface area contributed by atoms with Crippen molar-refractivity contribution in [2.75, 3.05) is 46.4 Å². The van der Waals surface area contributed by atoms with Crippen LogP contribution in [0.2, 0.25) is 0 Å². The molecule has 0 aliphatic carbocycles. The van der Waals surface area contributed by atoms with Gasteiger partial charge in [0.15, 0.2) is 0 Å². The van der Waals surface area contributed by atoms with Gasteiger partial charge in [-0.25, -0.2) is 0 Å². The summed E-state index contributed by atoms with van der Waals surface area (Å²) in [5, 5.41) is 3.49. The highest BCUT2D eigenvalue weighted by molar-refractivity contribution is 4.88. The summed E-state index contributed by atoms with van der Waals surface area (Å²) in [7, 11) is 1.86. The van der Waals surface area contributed by atoms with Crippen LogP contribution in [-0.2, 0) is 4.74 Å². The zero-order chi connectivity index (χ0) is 13.6. The number of likely N-dealkylation sites (tertiary alicyclic amines) is 1. The smallest absolute Gasteiger partial charge is 0.0531 e. The maximum absolute atomic E-state index is 5.55. The van der Waals surface area contributed by atoms with E-state index in [1.807, 2.05) is 7.11 Å². The van der Waals surface area contributed by atoms with Crippen LogP contribution in [0.15, 0.2) is 0 Å².